The summed E-state index contributed by atoms with van der Waals surface area (Å²) in [5.74, 6) is -0.291. The lowest BCUT2D eigenvalue weighted by Crippen LogP contribution is -2.34. The third-order valence-electron chi connectivity index (χ3n) is 11.8. The Hall–Kier alpha value is -1.94. The molecule has 1 aromatic rings. The van der Waals surface area contributed by atoms with E-state index in [1.807, 2.05) is 19.9 Å². The van der Waals surface area contributed by atoms with Gasteiger partial charge in [-0.25, -0.2) is 4.79 Å². The van der Waals surface area contributed by atoms with Crippen LogP contribution in [0.2, 0.25) is 0 Å². The first-order chi connectivity index (χ1) is 29.6. The number of unbranched alkanes of at least 4 members (excludes halogenated alkanes) is 12. The van der Waals surface area contributed by atoms with Crippen molar-refractivity contribution in [2.75, 3.05) is 41.7 Å². The zero-order chi connectivity index (χ0) is 44.1. The van der Waals surface area contributed by atoms with Gasteiger partial charge in [0.1, 0.15) is 26.5 Å². The van der Waals surface area contributed by atoms with Crippen LogP contribution in [0.25, 0.3) is 0 Å². The van der Waals surface area contributed by atoms with Gasteiger partial charge in [-0.05, 0) is 77.0 Å². The molecular formula is C48H82O12S. The molecule has 0 amide bonds. The summed E-state index contributed by atoms with van der Waals surface area (Å²) < 4.78 is 78.8. The second-order valence-electron chi connectivity index (χ2n) is 17.1. The highest BCUT2D eigenvalue weighted by Gasteiger charge is 2.37. The van der Waals surface area contributed by atoms with Crippen LogP contribution in [-0.2, 0) is 57.0 Å². The fraction of sp³-hybridized carbons (Fsp3) is 0.812. The Morgan fingerprint density at radius 3 is 1.62 bits per heavy atom. The van der Waals surface area contributed by atoms with E-state index in [1.54, 1.807) is 45.6 Å². The Morgan fingerprint density at radius 1 is 0.639 bits per heavy atom. The van der Waals surface area contributed by atoms with Gasteiger partial charge in [0.2, 0.25) is 0 Å². The zero-order valence-corrected chi connectivity index (χ0v) is 39.4. The molecular weight excluding hydrogens is 801 g/mol. The van der Waals surface area contributed by atoms with Crippen molar-refractivity contribution in [2.24, 2.45) is 0 Å². The van der Waals surface area contributed by atoms with Crippen molar-refractivity contribution in [3.05, 3.63) is 41.5 Å². The van der Waals surface area contributed by atoms with Crippen molar-refractivity contribution in [3.8, 4) is 0 Å². The molecule has 0 radical (unpaired) electrons. The van der Waals surface area contributed by atoms with E-state index in [0.29, 0.717) is 24.8 Å². The molecule has 7 atom stereocenters. The van der Waals surface area contributed by atoms with E-state index in [1.165, 1.54) is 57.8 Å². The van der Waals surface area contributed by atoms with Crippen LogP contribution < -0.4 is 0 Å². The topological polar surface area (TPSA) is 134 Å². The highest BCUT2D eigenvalue weighted by atomic mass is 32.2. The summed E-state index contributed by atoms with van der Waals surface area (Å²) in [6.07, 6.45) is 23.6. The van der Waals surface area contributed by atoms with Crippen LogP contribution in [0.4, 0.5) is 0 Å². The standard InChI is InChI=1S/C48H82O12S/c1-7-8-9-10-11-12-13-14-15-19-25-44(56-36-53-5)46-31-32-47(59-46)45(57-37-54-6)26-21-20-23-41(60-61(50,51)43-29-27-38(2)28-30-43)22-17-16-18-24-42(55-35-52-4)34-40-33-39(3)58-48(40)49/h27-30,33,39,41-42,44-47H,7-26,31-32,34-37H2,1-6H3/t39-,41?,42+,44+,45?,46-,47-/m0/s1. The number of ether oxygens (including phenoxy) is 8. The van der Waals surface area contributed by atoms with Crippen molar-refractivity contribution in [2.45, 2.75) is 216 Å². The molecule has 12 nitrogen and oxygen atoms in total. The smallest absolute Gasteiger partial charge is 0.334 e. The lowest BCUT2D eigenvalue weighted by molar-refractivity contribution is -0.159. The highest BCUT2D eigenvalue weighted by Crippen LogP contribution is 2.32. The normalized spacial score (nSPS) is 20.1. The second kappa shape index (κ2) is 31.8. The lowest BCUT2D eigenvalue weighted by atomic mass is 9.98. The number of benzene rings is 1. The van der Waals surface area contributed by atoms with E-state index in [9.17, 15) is 13.2 Å². The molecule has 3 rings (SSSR count). The number of aryl methyl sites for hydroxylation is 1. The SMILES string of the molecule is CCCCCCCCCCCC[C@@H](OCOC)[C@@H]1CC[C@@H](C(CCCCC(CCCCC[C@H](CC2=C[C@H](C)OC2=O)OCOC)OS(=O)(=O)c2ccc(C)cc2)OCOC)O1. The lowest BCUT2D eigenvalue weighted by Gasteiger charge is -2.27. The number of hydrogen-bond donors (Lipinski definition) is 0. The zero-order valence-electron chi connectivity index (χ0n) is 38.6. The quantitative estimate of drug-likeness (QED) is 0.0271. The van der Waals surface area contributed by atoms with Crippen LogP contribution in [0.3, 0.4) is 0 Å². The summed E-state index contributed by atoms with van der Waals surface area (Å²) >= 11 is 0. The average Bonchev–Trinajstić information content (AvgIpc) is 3.86. The van der Waals surface area contributed by atoms with E-state index in [-0.39, 0.29) is 67.9 Å². The number of esters is 1. The maximum Gasteiger partial charge on any atom is 0.334 e. The van der Waals surface area contributed by atoms with Crippen LogP contribution in [0.5, 0.6) is 0 Å². The van der Waals surface area contributed by atoms with Gasteiger partial charge in [-0.1, -0.05) is 121 Å². The van der Waals surface area contributed by atoms with E-state index in [0.717, 1.165) is 76.2 Å². The summed E-state index contributed by atoms with van der Waals surface area (Å²) in [6.45, 7) is 6.60. The molecule has 61 heavy (non-hydrogen) atoms. The molecule has 2 aliphatic rings. The Kier molecular flexibility index (Phi) is 27.9. The number of cyclic esters (lactones) is 1. The molecule has 0 aliphatic carbocycles. The number of methoxy groups -OCH3 is 3. The summed E-state index contributed by atoms with van der Waals surface area (Å²) in [4.78, 5) is 12.4. The van der Waals surface area contributed by atoms with Crippen molar-refractivity contribution in [1.82, 2.24) is 0 Å². The third kappa shape index (κ3) is 22.0. The molecule has 13 heteroatoms. The largest absolute Gasteiger partial charge is 0.455 e. The highest BCUT2D eigenvalue weighted by molar-refractivity contribution is 7.86. The van der Waals surface area contributed by atoms with Gasteiger partial charge in [0.25, 0.3) is 10.1 Å². The first kappa shape index (κ1) is 53.4. The molecule has 352 valence electrons. The number of rotatable bonds is 38. The minimum atomic E-state index is -3.95. The van der Waals surface area contributed by atoms with Crippen molar-refractivity contribution >= 4 is 16.1 Å². The monoisotopic (exact) mass is 883 g/mol. The van der Waals surface area contributed by atoms with Crippen molar-refractivity contribution < 1.29 is 55.3 Å². The van der Waals surface area contributed by atoms with Crippen LogP contribution >= 0.6 is 0 Å². The van der Waals surface area contributed by atoms with E-state index >= 15 is 0 Å². The van der Waals surface area contributed by atoms with Crippen molar-refractivity contribution in [1.29, 1.82) is 0 Å². The molecule has 1 fully saturated rings. The number of hydrogen-bond acceptors (Lipinski definition) is 12. The first-order valence-electron chi connectivity index (χ1n) is 23.5. The molecule has 2 aliphatic heterocycles. The van der Waals surface area contributed by atoms with Crippen molar-refractivity contribution in [3.63, 3.8) is 0 Å². The third-order valence-corrected chi connectivity index (χ3v) is 13.2. The number of carbonyl (C=O) groups is 1. The molecule has 0 N–H and O–H groups in total. The maximum absolute atomic E-state index is 13.4. The molecule has 0 saturated carbocycles. The van der Waals surface area contributed by atoms with E-state index < -0.39 is 16.2 Å². The molecule has 2 unspecified atom stereocenters. The van der Waals surface area contributed by atoms with Crippen LogP contribution in [0, 0.1) is 6.92 Å². The number of carbonyl (C=O) groups excluding carboxylic acids is 1. The fourth-order valence-corrected chi connectivity index (χ4v) is 9.52. The van der Waals surface area contributed by atoms with Gasteiger partial charge in [-0.3, -0.25) is 4.18 Å². The van der Waals surface area contributed by atoms with Crippen LogP contribution in [-0.4, -0.2) is 98.8 Å². The molecule has 0 bridgehead atoms. The predicted octanol–water partition coefficient (Wildman–Crippen LogP) is 10.7. The van der Waals surface area contributed by atoms with Gasteiger partial charge >= 0.3 is 5.97 Å². The van der Waals surface area contributed by atoms with E-state index in [2.05, 4.69) is 6.92 Å². The Balaban J connectivity index is 1.52. The Morgan fingerprint density at radius 2 is 1.10 bits per heavy atom. The first-order valence-corrected chi connectivity index (χ1v) is 24.9. The van der Waals surface area contributed by atoms with Gasteiger partial charge in [0, 0.05) is 33.3 Å². The summed E-state index contributed by atoms with van der Waals surface area (Å²) in [5, 5.41) is 0. The predicted molar refractivity (Wildman–Crippen MR) is 238 cm³/mol. The maximum atomic E-state index is 13.4. The molecule has 2 heterocycles. The van der Waals surface area contributed by atoms with Gasteiger partial charge in [0.15, 0.2) is 0 Å². The molecule has 0 spiro atoms. The summed E-state index contributed by atoms with van der Waals surface area (Å²) in [6, 6.07) is 6.78. The van der Waals surface area contributed by atoms with Crippen LogP contribution in [0.1, 0.15) is 167 Å². The van der Waals surface area contributed by atoms with Gasteiger partial charge in [-0.15, -0.1) is 0 Å². The second-order valence-corrected chi connectivity index (χ2v) is 18.7. The molecule has 0 aromatic heterocycles. The minimum Gasteiger partial charge on any atom is -0.455 e. The Bertz CT molecular complexity index is 1420. The van der Waals surface area contributed by atoms with Gasteiger partial charge in [0.05, 0.1) is 41.5 Å². The van der Waals surface area contributed by atoms with Crippen LogP contribution in [0.15, 0.2) is 40.8 Å². The van der Waals surface area contributed by atoms with E-state index in [4.69, 9.17) is 42.1 Å². The molecule has 1 aromatic carbocycles. The molecule has 1 saturated heterocycles. The fourth-order valence-electron chi connectivity index (χ4n) is 8.39. The summed E-state index contributed by atoms with van der Waals surface area (Å²) in [5.41, 5.74) is 1.62. The van der Waals surface area contributed by atoms with Gasteiger partial charge in [-0.2, -0.15) is 8.42 Å². The average molecular weight is 883 g/mol. The Labute approximate surface area is 369 Å². The summed E-state index contributed by atoms with van der Waals surface area (Å²) in [7, 11) is 0.915. The minimum absolute atomic E-state index is 0.0149. The van der Waals surface area contributed by atoms with Gasteiger partial charge < -0.3 is 37.9 Å².